The molecule has 2 aromatic carbocycles. The lowest BCUT2D eigenvalue weighted by atomic mass is 9.81. The van der Waals surface area contributed by atoms with E-state index < -0.39 is 0 Å². The topological polar surface area (TPSA) is 72.0 Å². The molecule has 1 heterocycles. The summed E-state index contributed by atoms with van der Waals surface area (Å²) in [4.78, 5) is 33.8. The van der Waals surface area contributed by atoms with Crippen LogP contribution in [0.1, 0.15) is 69.6 Å². The monoisotopic (exact) mass is 419 g/mol. The molecule has 3 aromatic rings. The molecule has 1 aliphatic carbocycles. The molecule has 1 aliphatic rings. The number of nitrogens with zero attached hydrogens (tertiary/aromatic N) is 2. The zero-order valence-electron chi connectivity index (χ0n) is 16.9. The van der Waals surface area contributed by atoms with E-state index >= 15 is 0 Å². The highest BCUT2D eigenvalue weighted by atomic mass is 35.5. The molecule has 0 spiro atoms. The Kier molecular flexibility index (Phi) is 5.64. The number of carbonyl (C=O) groups is 2. The molecule has 1 atom stereocenters. The maximum atomic E-state index is 12.7. The molecule has 1 amide bonds. The van der Waals surface area contributed by atoms with Crippen molar-refractivity contribution < 1.29 is 9.59 Å². The number of rotatable bonds is 4. The highest BCUT2D eigenvalue weighted by Crippen LogP contribution is 2.32. The van der Waals surface area contributed by atoms with Crippen LogP contribution in [0.15, 0.2) is 54.7 Å². The molecule has 0 saturated carbocycles. The van der Waals surface area contributed by atoms with Crippen LogP contribution in [-0.2, 0) is 6.42 Å². The number of hydrogen-bond donors (Lipinski definition) is 1. The van der Waals surface area contributed by atoms with E-state index in [-0.39, 0.29) is 23.6 Å². The fourth-order valence-electron chi connectivity index (χ4n) is 3.71. The fourth-order valence-corrected chi connectivity index (χ4v) is 3.93. The van der Waals surface area contributed by atoms with Crippen LogP contribution in [0.25, 0.3) is 0 Å². The first-order valence-electron chi connectivity index (χ1n) is 9.97. The van der Waals surface area contributed by atoms with Gasteiger partial charge in [0.15, 0.2) is 5.78 Å². The number of aromatic nitrogens is 2. The highest BCUT2D eigenvalue weighted by Gasteiger charge is 2.28. The zero-order valence-corrected chi connectivity index (χ0v) is 17.6. The van der Waals surface area contributed by atoms with Crippen LogP contribution in [0.2, 0.25) is 5.02 Å². The van der Waals surface area contributed by atoms with E-state index in [1.54, 1.807) is 24.3 Å². The Labute approximate surface area is 180 Å². The lowest BCUT2D eigenvalue weighted by Gasteiger charge is -2.23. The molecular weight excluding hydrogens is 398 g/mol. The molecule has 0 fully saturated rings. The Morgan fingerprint density at radius 3 is 2.53 bits per heavy atom. The lowest BCUT2D eigenvalue weighted by Crippen LogP contribution is -2.22. The molecule has 0 aliphatic heterocycles. The largest absolute Gasteiger partial charge is 0.294 e. The average molecular weight is 420 g/mol. The van der Waals surface area contributed by atoms with E-state index in [9.17, 15) is 9.59 Å². The molecule has 4 rings (SSSR count). The quantitative estimate of drug-likeness (QED) is 0.613. The lowest BCUT2D eigenvalue weighted by molar-refractivity contribution is 0.0962. The predicted octanol–water partition coefficient (Wildman–Crippen LogP) is 5.42. The van der Waals surface area contributed by atoms with E-state index in [0.717, 1.165) is 5.56 Å². The predicted molar refractivity (Wildman–Crippen MR) is 117 cm³/mol. The van der Waals surface area contributed by atoms with Gasteiger partial charge >= 0.3 is 0 Å². The SMILES string of the molecule is CC(C)c1ccc([C@@H]2CC(=O)c3cnc(NC(=O)c4ccccc4Cl)nc3C2)cc1. The summed E-state index contributed by atoms with van der Waals surface area (Å²) in [5.74, 6) is 0.335. The van der Waals surface area contributed by atoms with Gasteiger partial charge in [-0.25, -0.2) is 9.97 Å². The van der Waals surface area contributed by atoms with Gasteiger partial charge in [0.25, 0.3) is 5.91 Å². The van der Waals surface area contributed by atoms with Crippen molar-refractivity contribution in [1.82, 2.24) is 9.97 Å². The van der Waals surface area contributed by atoms with Gasteiger partial charge in [-0.05, 0) is 41.5 Å². The van der Waals surface area contributed by atoms with Gasteiger partial charge in [-0.2, -0.15) is 0 Å². The number of Topliss-reactive ketones (excluding diaryl/α,β-unsaturated/α-hetero) is 1. The Morgan fingerprint density at radius 1 is 1.10 bits per heavy atom. The standard InChI is InChI=1S/C24H22ClN3O2/c1-14(2)15-7-9-16(10-8-15)17-11-21-19(22(29)12-17)13-26-24(27-21)28-23(30)18-5-3-4-6-20(18)25/h3-10,13-14,17H,11-12H2,1-2H3,(H,26,27,28,30)/t17-/m0/s1. The fraction of sp³-hybridized carbons (Fsp3) is 0.250. The number of hydrogen-bond acceptors (Lipinski definition) is 4. The van der Waals surface area contributed by atoms with Crippen LogP contribution in [0.4, 0.5) is 5.95 Å². The molecule has 0 bridgehead atoms. The van der Waals surface area contributed by atoms with Crippen LogP contribution >= 0.6 is 11.6 Å². The molecule has 1 N–H and O–H groups in total. The van der Waals surface area contributed by atoms with Crippen LogP contribution in [0, 0.1) is 0 Å². The van der Waals surface area contributed by atoms with Crippen LogP contribution in [0.3, 0.4) is 0 Å². The molecule has 1 aromatic heterocycles. The molecular formula is C24H22ClN3O2. The third-order valence-electron chi connectivity index (χ3n) is 5.46. The van der Waals surface area contributed by atoms with E-state index in [0.29, 0.717) is 40.6 Å². The average Bonchev–Trinajstić information content (AvgIpc) is 2.73. The minimum atomic E-state index is -0.386. The second kappa shape index (κ2) is 8.36. The van der Waals surface area contributed by atoms with E-state index in [2.05, 4.69) is 53.4 Å². The summed E-state index contributed by atoms with van der Waals surface area (Å²) in [5, 5.41) is 3.04. The first-order chi connectivity index (χ1) is 14.4. The summed E-state index contributed by atoms with van der Waals surface area (Å²) in [7, 11) is 0. The van der Waals surface area contributed by atoms with Crippen molar-refractivity contribution in [3.63, 3.8) is 0 Å². The van der Waals surface area contributed by atoms with Gasteiger partial charge in [0.1, 0.15) is 0 Å². The van der Waals surface area contributed by atoms with Gasteiger partial charge in [0.2, 0.25) is 5.95 Å². The van der Waals surface area contributed by atoms with E-state index in [4.69, 9.17) is 11.6 Å². The second-order valence-electron chi connectivity index (χ2n) is 7.84. The van der Waals surface area contributed by atoms with Crippen molar-refractivity contribution in [3.8, 4) is 0 Å². The van der Waals surface area contributed by atoms with Gasteiger partial charge in [-0.3, -0.25) is 14.9 Å². The van der Waals surface area contributed by atoms with Crippen LogP contribution in [0.5, 0.6) is 0 Å². The molecule has 152 valence electrons. The molecule has 6 heteroatoms. The Morgan fingerprint density at radius 2 is 1.83 bits per heavy atom. The van der Waals surface area contributed by atoms with Crippen molar-refractivity contribution in [2.75, 3.05) is 5.32 Å². The summed E-state index contributed by atoms with van der Waals surface area (Å²) < 4.78 is 0. The molecule has 0 radical (unpaired) electrons. The number of carbonyl (C=O) groups excluding carboxylic acids is 2. The third-order valence-corrected chi connectivity index (χ3v) is 5.79. The van der Waals surface area contributed by atoms with Crippen molar-refractivity contribution in [3.05, 3.63) is 87.7 Å². The van der Waals surface area contributed by atoms with Gasteiger partial charge in [0.05, 0.1) is 21.8 Å². The zero-order chi connectivity index (χ0) is 21.3. The first kappa shape index (κ1) is 20.2. The van der Waals surface area contributed by atoms with E-state index in [1.165, 1.54) is 11.8 Å². The summed E-state index contributed by atoms with van der Waals surface area (Å²) in [6.07, 6.45) is 2.56. The molecule has 0 saturated heterocycles. The summed E-state index contributed by atoms with van der Waals surface area (Å²) in [5.41, 5.74) is 3.93. The number of anilines is 1. The Balaban J connectivity index is 1.56. The normalized spacial score (nSPS) is 15.7. The molecule has 0 unspecified atom stereocenters. The number of nitrogens with one attached hydrogen (secondary N) is 1. The first-order valence-corrected chi connectivity index (χ1v) is 10.3. The van der Waals surface area contributed by atoms with Crippen LogP contribution in [-0.4, -0.2) is 21.7 Å². The smallest absolute Gasteiger partial charge is 0.259 e. The molecule has 5 nitrogen and oxygen atoms in total. The number of amides is 1. The minimum absolute atomic E-state index is 0.0261. The van der Waals surface area contributed by atoms with Crippen LogP contribution < -0.4 is 5.32 Å². The van der Waals surface area contributed by atoms with Gasteiger partial charge in [-0.15, -0.1) is 0 Å². The van der Waals surface area contributed by atoms with E-state index in [1.807, 2.05) is 0 Å². The van der Waals surface area contributed by atoms with Gasteiger partial charge in [0, 0.05) is 12.6 Å². The van der Waals surface area contributed by atoms with Crippen molar-refractivity contribution in [1.29, 1.82) is 0 Å². The summed E-state index contributed by atoms with van der Waals surface area (Å²) in [6.45, 7) is 4.31. The summed E-state index contributed by atoms with van der Waals surface area (Å²) in [6, 6.07) is 15.2. The van der Waals surface area contributed by atoms with Crippen molar-refractivity contribution in [2.45, 2.75) is 38.5 Å². The number of halogens is 1. The molecule has 30 heavy (non-hydrogen) atoms. The third kappa shape index (κ3) is 4.12. The van der Waals surface area contributed by atoms with Crippen molar-refractivity contribution in [2.24, 2.45) is 0 Å². The summed E-state index contributed by atoms with van der Waals surface area (Å²) >= 11 is 6.09. The highest BCUT2D eigenvalue weighted by molar-refractivity contribution is 6.34. The second-order valence-corrected chi connectivity index (χ2v) is 8.24. The van der Waals surface area contributed by atoms with Gasteiger partial charge in [-0.1, -0.05) is 61.8 Å². The number of fused-ring (bicyclic) bond motifs is 1. The number of ketones is 1. The number of benzene rings is 2. The maximum absolute atomic E-state index is 12.7. The van der Waals surface area contributed by atoms with Gasteiger partial charge < -0.3 is 0 Å². The minimum Gasteiger partial charge on any atom is -0.294 e. The maximum Gasteiger partial charge on any atom is 0.259 e. The Bertz CT molecular complexity index is 1110. The Hall–Kier alpha value is -3.05. The van der Waals surface area contributed by atoms with Crippen molar-refractivity contribution >= 4 is 29.2 Å².